The van der Waals surface area contributed by atoms with Crippen molar-refractivity contribution in [2.24, 2.45) is 0 Å². The molecule has 1 aliphatic rings. The zero-order valence-corrected chi connectivity index (χ0v) is 20.3. The van der Waals surface area contributed by atoms with E-state index in [4.69, 9.17) is 22.1 Å². The number of methoxy groups -OCH3 is 1. The number of sulfonamides is 1. The van der Waals surface area contributed by atoms with Crippen LogP contribution in [0.2, 0.25) is 0 Å². The van der Waals surface area contributed by atoms with Crippen LogP contribution in [0.4, 0.5) is 0 Å². The van der Waals surface area contributed by atoms with Gasteiger partial charge in [0.05, 0.1) is 25.7 Å². The number of hydrogen-bond acceptors (Lipinski definition) is 7. The summed E-state index contributed by atoms with van der Waals surface area (Å²) in [6.45, 7) is 1.72. The zero-order valence-electron chi connectivity index (χ0n) is 18.7. The molecule has 2 aromatic heterocycles. The van der Waals surface area contributed by atoms with Gasteiger partial charge in [0.1, 0.15) is 5.75 Å². The van der Waals surface area contributed by atoms with Crippen LogP contribution in [0.1, 0.15) is 19.3 Å². The van der Waals surface area contributed by atoms with Crippen molar-refractivity contribution in [2.75, 3.05) is 26.5 Å². The van der Waals surface area contributed by atoms with Crippen molar-refractivity contribution >= 4 is 22.2 Å². The van der Waals surface area contributed by atoms with E-state index in [9.17, 15) is 8.42 Å². The maximum Gasteiger partial charge on any atom is 0.208 e. The molecule has 11 heteroatoms. The maximum atomic E-state index is 11.6. The van der Waals surface area contributed by atoms with E-state index < -0.39 is 10.0 Å². The van der Waals surface area contributed by atoms with Crippen LogP contribution in [-0.2, 0) is 16.7 Å². The van der Waals surface area contributed by atoms with Gasteiger partial charge in [-0.25, -0.2) is 17.8 Å². The Morgan fingerprint density at radius 1 is 1.15 bits per heavy atom. The molecule has 3 aromatic rings. The summed E-state index contributed by atoms with van der Waals surface area (Å²) in [6, 6.07) is 11.6. The van der Waals surface area contributed by atoms with Gasteiger partial charge in [-0.15, -0.1) is 5.10 Å². The van der Waals surface area contributed by atoms with Crippen molar-refractivity contribution in [2.45, 2.75) is 32.0 Å². The largest absolute Gasteiger partial charge is 0.497 e. The van der Waals surface area contributed by atoms with Gasteiger partial charge in [0.2, 0.25) is 14.8 Å². The maximum absolute atomic E-state index is 11.6. The van der Waals surface area contributed by atoms with Crippen LogP contribution in [0.5, 0.6) is 5.75 Å². The van der Waals surface area contributed by atoms with Crippen LogP contribution >= 0.6 is 12.2 Å². The van der Waals surface area contributed by atoms with Gasteiger partial charge in [-0.05, 0) is 61.5 Å². The Morgan fingerprint density at radius 2 is 1.88 bits per heavy atom. The molecule has 4 rings (SSSR count). The number of aromatic nitrogens is 4. The average Bonchev–Trinajstić information content (AvgIpc) is 3.14. The molecule has 0 unspecified atom stereocenters. The summed E-state index contributed by atoms with van der Waals surface area (Å²) in [6.07, 6.45) is 7.69. The molecule has 3 heterocycles. The standard InChI is InChI=1S/C22H28N6O3S2/c1-31-20-8-6-18(7-9-20)28-21(17-10-12-23-13-11-17)25-27(22(28)32)16-26-14-4-3-5-19(26)15-24-33(2,29)30/h6-13,19,24H,3-5,14-16H2,1-2H3/t19-/m1/s1. The summed E-state index contributed by atoms with van der Waals surface area (Å²) < 4.78 is 35.5. The molecule has 1 saturated heterocycles. The minimum atomic E-state index is -3.25. The normalized spacial score (nSPS) is 17.2. The Hall–Kier alpha value is -2.60. The molecule has 9 nitrogen and oxygen atoms in total. The van der Waals surface area contributed by atoms with E-state index in [1.165, 1.54) is 6.26 Å². The highest BCUT2D eigenvalue weighted by molar-refractivity contribution is 7.88. The number of pyridine rings is 1. The van der Waals surface area contributed by atoms with Gasteiger partial charge < -0.3 is 4.74 Å². The highest BCUT2D eigenvalue weighted by Gasteiger charge is 2.25. The lowest BCUT2D eigenvalue weighted by Gasteiger charge is -2.35. The summed E-state index contributed by atoms with van der Waals surface area (Å²) >= 11 is 5.87. The lowest BCUT2D eigenvalue weighted by atomic mass is 10.0. The Kier molecular flexibility index (Phi) is 7.23. The van der Waals surface area contributed by atoms with Crippen molar-refractivity contribution in [3.05, 3.63) is 53.6 Å². The Morgan fingerprint density at radius 3 is 2.55 bits per heavy atom. The second kappa shape index (κ2) is 10.1. The van der Waals surface area contributed by atoms with E-state index in [0.717, 1.165) is 48.6 Å². The minimum Gasteiger partial charge on any atom is -0.497 e. The quantitative estimate of drug-likeness (QED) is 0.487. The molecule has 0 aliphatic carbocycles. The zero-order chi connectivity index (χ0) is 23.4. The molecule has 0 radical (unpaired) electrons. The second-order valence-corrected chi connectivity index (χ2v) is 10.3. The molecule has 1 atom stereocenters. The van der Waals surface area contributed by atoms with Gasteiger partial charge in [0, 0.05) is 37.1 Å². The van der Waals surface area contributed by atoms with Gasteiger partial charge in [-0.3, -0.25) is 14.5 Å². The van der Waals surface area contributed by atoms with E-state index >= 15 is 0 Å². The predicted molar refractivity (Wildman–Crippen MR) is 129 cm³/mol. The van der Waals surface area contributed by atoms with Crippen LogP contribution < -0.4 is 9.46 Å². The van der Waals surface area contributed by atoms with Crippen LogP contribution in [0.25, 0.3) is 17.1 Å². The number of likely N-dealkylation sites (tertiary alicyclic amines) is 1. The molecule has 1 aromatic carbocycles. The Bertz CT molecular complexity index is 1240. The van der Waals surface area contributed by atoms with E-state index in [-0.39, 0.29) is 6.04 Å². The third-order valence-electron chi connectivity index (χ3n) is 5.75. The number of piperidine rings is 1. The lowest BCUT2D eigenvalue weighted by molar-refractivity contribution is 0.106. The SMILES string of the molecule is COc1ccc(-n2c(-c3ccncc3)nn(CN3CCCC[C@@H]3CNS(C)(=O)=O)c2=S)cc1. The van der Waals surface area contributed by atoms with E-state index in [1.807, 2.05) is 45.6 Å². The highest BCUT2D eigenvalue weighted by atomic mass is 32.2. The molecular weight excluding hydrogens is 460 g/mol. The first-order valence-corrected chi connectivity index (χ1v) is 13.1. The number of hydrogen-bond donors (Lipinski definition) is 1. The first-order valence-electron chi connectivity index (χ1n) is 10.8. The van der Waals surface area contributed by atoms with Crippen molar-refractivity contribution in [1.29, 1.82) is 0 Å². The van der Waals surface area contributed by atoms with Crippen molar-refractivity contribution in [3.63, 3.8) is 0 Å². The summed E-state index contributed by atoms with van der Waals surface area (Å²) in [5.41, 5.74) is 1.78. The second-order valence-electron chi connectivity index (χ2n) is 8.10. The fourth-order valence-corrected chi connectivity index (χ4v) is 4.83. The molecule has 0 amide bonds. The van der Waals surface area contributed by atoms with Crippen molar-refractivity contribution in [1.82, 2.24) is 29.0 Å². The van der Waals surface area contributed by atoms with Gasteiger partial charge in [0.15, 0.2) is 5.82 Å². The molecule has 1 N–H and O–H groups in total. The first kappa shape index (κ1) is 23.6. The predicted octanol–water partition coefficient (Wildman–Crippen LogP) is 2.84. The lowest BCUT2D eigenvalue weighted by Crippen LogP contribution is -2.47. The fraction of sp³-hybridized carbons (Fsp3) is 0.409. The molecule has 1 fully saturated rings. The molecule has 0 bridgehead atoms. The molecule has 0 saturated carbocycles. The summed E-state index contributed by atoms with van der Waals surface area (Å²) in [5.74, 6) is 1.48. The summed E-state index contributed by atoms with van der Waals surface area (Å²) in [4.78, 5) is 6.37. The Balaban J connectivity index is 1.70. The molecular formula is C22H28N6O3S2. The third kappa shape index (κ3) is 5.67. The number of benzene rings is 1. The molecule has 176 valence electrons. The van der Waals surface area contributed by atoms with Gasteiger partial charge in [-0.1, -0.05) is 6.42 Å². The molecule has 1 aliphatic heterocycles. The number of nitrogens with zero attached hydrogens (tertiary/aromatic N) is 5. The van der Waals surface area contributed by atoms with Crippen LogP contribution in [-0.4, -0.2) is 65.1 Å². The minimum absolute atomic E-state index is 0.0888. The van der Waals surface area contributed by atoms with Crippen LogP contribution in [0.3, 0.4) is 0 Å². The van der Waals surface area contributed by atoms with Gasteiger partial charge in [0.25, 0.3) is 0 Å². The topological polar surface area (TPSA) is 94.3 Å². The van der Waals surface area contributed by atoms with Crippen molar-refractivity contribution < 1.29 is 13.2 Å². The fourth-order valence-electron chi connectivity index (χ4n) is 4.05. The molecule has 0 spiro atoms. The third-order valence-corrected chi connectivity index (χ3v) is 6.84. The summed E-state index contributed by atoms with van der Waals surface area (Å²) in [5, 5.41) is 4.87. The molecule has 33 heavy (non-hydrogen) atoms. The summed E-state index contributed by atoms with van der Waals surface area (Å²) in [7, 11) is -1.61. The van der Waals surface area contributed by atoms with Gasteiger partial charge >= 0.3 is 0 Å². The van der Waals surface area contributed by atoms with Crippen LogP contribution in [0, 0.1) is 4.77 Å². The number of rotatable bonds is 8. The van der Waals surface area contributed by atoms with E-state index in [2.05, 4.69) is 14.6 Å². The number of ether oxygens (including phenoxy) is 1. The smallest absolute Gasteiger partial charge is 0.208 e. The van der Waals surface area contributed by atoms with Crippen molar-refractivity contribution in [3.8, 4) is 22.8 Å². The monoisotopic (exact) mass is 488 g/mol. The van der Waals surface area contributed by atoms with E-state index in [1.54, 1.807) is 19.5 Å². The number of nitrogens with one attached hydrogen (secondary N) is 1. The van der Waals surface area contributed by atoms with E-state index in [0.29, 0.717) is 18.0 Å². The Labute approximate surface area is 199 Å². The first-order chi connectivity index (χ1) is 15.9. The average molecular weight is 489 g/mol. The van der Waals surface area contributed by atoms with Crippen LogP contribution in [0.15, 0.2) is 48.8 Å². The van der Waals surface area contributed by atoms with Gasteiger partial charge in [-0.2, -0.15) is 0 Å². The highest BCUT2D eigenvalue weighted by Crippen LogP contribution is 2.25.